The fourth-order valence-electron chi connectivity index (χ4n) is 1.35. The number of nitrogens with one attached hydrogen (secondary N) is 2. The molecule has 0 saturated carbocycles. The van der Waals surface area contributed by atoms with Gasteiger partial charge in [-0.25, -0.2) is 0 Å². The molecule has 0 unspecified atom stereocenters. The number of hydrogen-bond donors (Lipinski definition) is 2. The summed E-state index contributed by atoms with van der Waals surface area (Å²) in [7, 11) is 0. The van der Waals surface area contributed by atoms with Crippen LogP contribution in [-0.2, 0) is 6.54 Å². The molecule has 2 heterocycles. The second-order valence-corrected chi connectivity index (χ2v) is 3.41. The van der Waals surface area contributed by atoms with Crippen LogP contribution in [-0.4, -0.2) is 21.1 Å². The maximum absolute atomic E-state index is 11.7. The van der Waals surface area contributed by atoms with E-state index in [-0.39, 0.29) is 5.91 Å². The molecule has 0 atom stereocenters. The van der Waals surface area contributed by atoms with Gasteiger partial charge in [0.05, 0.1) is 24.0 Å². The van der Waals surface area contributed by atoms with Gasteiger partial charge in [0.15, 0.2) is 0 Å². The van der Waals surface area contributed by atoms with E-state index >= 15 is 0 Å². The predicted molar refractivity (Wildman–Crippen MR) is 58.7 cm³/mol. The van der Waals surface area contributed by atoms with Gasteiger partial charge in [0.25, 0.3) is 5.91 Å². The minimum atomic E-state index is -0.142. The summed E-state index contributed by atoms with van der Waals surface area (Å²) >= 11 is 0. The molecule has 0 saturated heterocycles. The quantitative estimate of drug-likeness (QED) is 0.805. The Morgan fingerprint density at radius 1 is 1.50 bits per heavy atom. The minimum Gasteiger partial charge on any atom is -0.346 e. The van der Waals surface area contributed by atoms with Crippen LogP contribution >= 0.6 is 0 Å². The lowest BCUT2D eigenvalue weighted by molar-refractivity contribution is 0.0950. The topological polar surface area (TPSA) is 70.7 Å². The number of nitrogens with zero attached hydrogens (tertiary/aromatic N) is 2. The van der Waals surface area contributed by atoms with E-state index in [0.717, 1.165) is 11.4 Å². The van der Waals surface area contributed by atoms with E-state index in [1.54, 1.807) is 6.20 Å². The van der Waals surface area contributed by atoms with Crippen LogP contribution in [0.15, 0.2) is 30.6 Å². The van der Waals surface area contributed by atoms with Gasteiger partial charge in [-0.05, 0) is 19.1 Å². The van der Waals surface area contributed by atoms with Gasteiger partial charge in [0.2, 0.25) is 0 Å². The summed E-state index contributed by atoms with van der Waals surface area (Å²) in [5.41, 5.74) is 2.16. The van der Waals surface area contributed by atoms with Crippen LogP contribution in [0.5, 0.6) is 0 Å². The molecule has 0 aliphatic heterocycles. The molecule has 1 amide bonds. The largest absolute Gasteiger partial charge is 0.346 e. The first-order valence-corrected chi connectivity index (χ1v) is 4.95. The zero-order chi connectivity index (χ0) is 11.4. The molecule has 0 fully saturated rings. The van der Waals surface area contributed by atoms with Crippen molar-refractivity contribution in [3.05, 3.63) is 47.5 Å². The van der Waals surface area contributed by atoms with E-state index in [1.807, 2.05) is 25.1 Å². The van der Waals surface area contributed by atoms with Crippen molar-refractivity contribution in [3.63, 3.8) is 0 Å². The predicted octanol–water partition coefficient (Wildman–Crippen LogP) is 1.04. The smallest absolute Gasteiger partial charge is 0.255 e. The fourth-order valence-corrected chi connectivity index (χ4v) is 1.35. The maximum atomic E-state index is 11.7. The lowest BCUT2D eigenvalue weighted by Gasteiger charge is -2.03. The third-order valence-electron chi connectivity index (χ3n) is 2.23. The number of aromatic nitrogens is 3. The average molecular weight is 216 g/mol. The number of hydrogen-bond acceptors (Lipinski definition) is 3. The molecular weight excluding hydrogens is 204 g/mol. The molecule has 16 heavy (non-hydrogen) atoms. The number of aryl methyl sites for hydroxylation is 1. The van der Waals surface area contributed by atoms with Gasteiger partial charge in [-0.1, -0.05) is 6.07 Å². The van der Waals surface area contributed by atoms with Crippen LogP contribution in [0.4, 0.5) is 0 Å². The number of rotatable bonds is 3. The van der Waals surface area contributed by atoms with Crippen LogP contribution in [0.3, 0.4) is 0 Å². The molecule has 0 aromatic carbocycles. The van der Waals surface area contributed by atoms with E-state index in [9.17, 15) is 4.79 Å². The number of aromatic amines is 1. The van der Waals surface area contributed by atoms with Gasteiger partial charge in [-0.2, -0.15) is 5.10 Å². The van der Waals surface area contributed by atoms with Gasteiger partial charge in [-0.3, -0.25) is 14.9 Å². The minimum absolute atomic E-state index is 0.142. The first-order valence-electron chi connectivity index (χ1n) is 4.95. The highest BCUT2D eigenvalue weighted by Crippen LogP contribution is 2.02. The summed E-state index contributed by atoms with van der Waals surface area (Å²) in [5.74, 6) is -0.142. The van der Waals surface area contributed by atoms with Crippen molar-refractivity contribution in [2.45, 2.75) is 13.5 Å². The van der Waals surface area contributed by atoms with Crippen molar-refractivity contribution in [1.82, 2.24) is 20.5 Å². The molecule has 0 radical (unpaired) electrons. The van der Waals surface area contributed by atoms with Crippen LogP contribution in [0.2, 0.25) is 0 Å². The Morgan fingerprint density at radius 3 is 3.00 bits per heavy atom. The standard InChI is InChI=1S/C11H12N4O/c1-8-10(7-14-15-8)11(16)13-6-9-4-2-3-5-12-9/h2-5,7H,6H2,1H3,(H,13,16)(H,14,15). The Labute approximate surface area is 92.9 Å². The highest BCUT2D eigenvalue weighted by Gasteiger charge is 2.09. The van der Waals surface area contributed by atoms with Crippen LogP contribution in [0, 0.1) is 6.92 Å². The van der Waals surface area contributed by atoms with Gasteiger partial charge < -0.3 is 5.32 Å². The number of amides is 1. The Hall–Kier alpha value is -2.17. The zero-order valence-corrected chi connectivity index (χ0v) is 8.90. The van der Waals surface area contributed by atoms with Gasteiger partial charge >= 0.3 is 0 Å². The monoisotopic (exact) mass is 216 g/mol. The molecule has 2 rings (SSSR count). The van der Waals surface area contributed by atoms with Crippen LogP contribution in [0.1, 0.15) is 21.7 Å². The molecule has 0 aliphatic rings. The Kier molecular flexibility index (Phi) is 2.95. The summed E-state index contributed by atoms with van der Waals surface area (Å²) in [6.45, 7) is 2.23. The summed E-state index contributed by atoms with van der Waals surface area (Å²) in [6.07, 6.45) is 3.22. The SMILES string of the molecule is Cc1[nH]ncc1C(=O)NCc1ccccn1. The Bertz CT molecular complexity index is 478. The van der Waals surface area contributed by atoms with Crippen molar-refractivity contribution in [2.24, 2.45) is 0 Å². The van der Waals surface area contributed by atoms with Crippen molar-refractivity contribution in [1.29, 1.82) is 0 Å². The van der Waals surface area contributed by atoms with E-state index < -0.39 is 0 Å². The van der Waals surface area contributed by atoms with Gasteiger partial charge in [-0.15, -0.1) is 0 Å². The van der Waals surface area contributed by atoms with Crippen molar-refractivity contribution >= 4 is 5.91 Å². The van der Waals surface area contributed by atoms with Crippen LogP contribution < -0.4 is 5.32 Å². The van der Waals surface area contributed by atoms with Crippen LogP contribution in [0.25, 0.3) is 0 Å². The van der Waals surface area contributed by atoms with E-state index in [0.29, 0.717) is 12.1 Å². The molecule has 2 N–H and O–H groups in total. The first kappa shape index (κ1) is 10.4. The highest BCUT2D eigenvalue weighted by atomic mass is 16.1. The summed E-state index contributed by atoms with van der Waals surface area (Å²) in [4.78, 5) is 15.8. The van der Waals surface area contributed by atoms with E-state index in [4.69, 9.17) is 0 Å². The van der Waals surface area contributed by atoms with E-state index in [1.165, 1.54) is 6.20 Å². The number of carbonyl (C=O) groups is 1. The molecule has 82 valence electrons. The molecule has 0 aliphatic carbocycles. The summed E-state index contributed by atoms with van der Waals surface area (Å²) in [6, 6.07) is 5.59. The maximum Gasteiger partial charge on any atom is 0.255 e. The second kappa shape index (κ2) is 4.57. The lowest BCUT2D eigenvalue weighted by atomic mass is 10.2. The second-order valence-electron chi connectivity index (χ2n) is 3.41. The number of pyridine rings is 1. The third-order valence-corrected chi connectivity index (χ3v) is 2.23. The highest BCUT2D eigenvalue weighted by molar-refractivity contribution is 5.94. The van der Waals surface area contributed by atoms with Gasteiger partial charge in [0, 0.05) is 11.9 Å². The molecule has 5 heteroatoms. The summed E-state index contributed by atoms with van der Waals surface area (Å²) < 4.78 is 0. The average Bonchev–Trinajstić information content (AvgIpc) is 2.74. The molecular formula is C11H12N4O. The van der Waals surface area contributed by atoms with Gasteiger partial charge in [0.1, 0.15) is 0 Å². The zero-order valence-electron chi connectivity index (χ0n) is 8.90. The normalized spacial score (nSPS) is 10.1. The molecule has 2 aromatic rings. The van der Waals surface area contributed by atoms with E-state index in [2.05, 4.69) is 20.5 Å². The van der Waals surface area contributed by atoms with Crippen molar-refractivity contribution < 1.29 is 4.79 Å². The molecule has 0 bridgehead atoms. The number of carbonyl (C=O) groups excluding carboxylic acids is 1. The lowest BCUT2D eigenvalue weighted by Crippen LogP contribution is -2.23. The van der Waals surface area contributed by atoms with Crippen molar-refractivity contribution in [2.75, 3.05) is 0 Å². The molecule has 5 nitrogen and oxygen atoms in total. The Balaban J connectivity index is 1.97. The molecule has 0 spiro atoms. The summed E-state index contributed by atoms with van der Waals surface area (Å²) in [5, 5.41) is 9.30. The fraction of sp³-hybridized carbons (Fsp3) is 0.182. The third kappa shape index (κ3) is 2.25. The molecule has 2 aromatic heterocycles. The Morgan fingerprint density at radius 2 is 2.38 bits per heavy atom. The first-order chi connectivity index (χ1) is 7.77. The van der Waals surface area contributed by atoms with Crippen molar-refractivity contribution in [3.8, 4) is 0 Å². The number of H-pyrrole nitrogens is 1.